The number of ether oxygens (including phenoxy) is 1. The molecule has 1 atom stereocenters. The van der Waals surface area contributed by atoms with Crippen LogP contribution in [0.4, 0.5) is 4.79 Å². The molecule has 0 fully saturated rings. The number of aliphatic carboxylic acids is 1. The maximum absolute atomic E-state index is 12.2. The number of rotatable bonds is 4. The molecular formula is C16H22BrNO4. The Morgan fingerprint density at radius 3 is 2.09 bits per heavy atom. The molecule has 0 aliphatic rings. The lowest BCUT2D eigenvalue weighted by atomic mass is 9.91. The van der Waals surface area contributed by atoms with Gasteiger partial charge in [0.15, 0.2) is 0 Å². The van der Waals surface area contributed by atoms with Gasteiger partial charge in [0.1, 0.15) is 11.1 Å². The molecule has 0 aliphatic carbocycles. The quantitative estimate of drug-likeness (QED) is 0.875. The van der Waals surface area contributed by atoms with Crippen LogP contribution in [0.2, 0.25) is 0 Å². The van der Waals surface area contributed by atoms with Crippen molar-refractivity contribution in [3.05, 3.63) is 34.3 Å². The molecule has 22 heavy (non-hydrogen) atoms. The molecule has 5 nitrogen and oxygen atoms in total. The van der Waals surface area contributed by atoms with Crippen LogP contribution in [0.25, 0.3) is 0 Å². The summed E-state index contributed by atoms with van der Waals surface area (Å²) in [5, 5.41) is 9.61. The van der Waals surface area contributed by atoms with Crippen molar-refractivity contribution in [1.82, 2.24) is 4.90 Å². The highest BCUT2D eigenvalue weighted by molar-refractivity contribution is 9.10. The highest BCUT2D eigenvalue weighted by Crippen LogP contribution is 2.24. The van der Waals surface area contributed by atoms with E-state index in [1.165, 1.54) is 14.0 Å². The third kappa shape index (κ3) is 4.73. The first-order valence-corrected chi connectivity index (χ1v) is 7.69. The second kappa shape index (κ2) is 6.69. The van der Waals surface area contributed by atoms with E-state index in [0.717, 1.165) is 14.9 Å². The molecule has 122 valence electrons. The molecule has 0 saturated heterocycles. The molecule has 6 heteroatoms. The lowest BCUT2D eigenvalue weighted by Crippen LogP contribution is -2.55. The van der Waals surface area contributed by atoms with Crippen molar-refractivity contribution in [2.75, 3.05) is 7.05 Å². The molecule has 1 amide bonds. The van der Waals surface area contributed by atoms with Crippen LogP contribution in [0.3, 0.4) is 0 Å². The average molecular weight is 372 g/mol. The van der Waals surface area contributed by atoms with Gasteiger partial charge in [0.2, 0.25) is 0 Å². The van der Waals surface area contributed by atoms with Crippen LogP contribution in [0, 0.1) is 0 Å². The number of hydrogen-bond acceptors (Lipinski definition) is 3. The fourth-order valence-corrected chi connectivity index (χ4v) is 2.13. The summed E-state index contributed by atoms with van der Waals surface area (Å²) in [7, 11) is 1.45. The van der Waals surface area contributed by atoms with E-state index in [0.29, 0.717) is 0 Å². The number of benzene rings is 1. The summed E-state index contributed by atoms with van der Waals surface area (Å²) in [4.78, 5) is 25.1. The molecule has 1 aromatic carbocycles. The van der Waals surface area contributed by atoms with Crippen LogP contribution in [0.15, 0.2) is 28.7 Å². The second-order valence-electron chi connectivity index (χ2n) is 6.42. The molecule has 1 N–H and O–H groups in total. The van der Waals surface area contributed by atoms with Crippen molar-refractivity contribution in [3.8, 4) is 0 Å². The highest BCUT2D eigenvalue weighted by atomic mass is 79.9. The number of carboxylic acid groups (broad SMARTS) is 1. The van der Waals surface area contributed by atoms with E-state index in [1.807, 2.05) is 24.3 Å². The zero-order chi connectivity index (χ0) is 17.1. The maximum atomic E-state index is 12.2. The van der Waals surface area contributed by atoms with E-state index in [1.54, 1.807) is 20.8 Å². The molecule has 0 saturated carbocycles. The monoisotopic (exact) mass is 371 g/mol. The minimum absolute atomic E-state index is 0.186. The molecular weight excluding hydrogens is 350 g/mol. The van der Waals surface area contributed by atoms with Crippen LogP contribution in [0.5, 0.6) is 0 Å². The smallest absolute Gasteiger partial charge is 0.410 e. The number of carbonyl (C=O) groups excluding carboxylic acids is 1. The zero-order valence-electron chi connectivity index (χ0n) is 13.5. The molecule has 1 rings (SSSR count). The standard InChI is InChI=1S/C16H22BrNO4/c1-15(2,3)22-14(21)18(5)16(4,13(19)20)10-11-6-8-12(17)9-7-11/h6-9H,10H2,1-5H3,(H,19,20). The summed E-state index contributed by atoms with van der Waals surface area (Å²) < 4.78 is 6.18. The Balaban J connectivity index is 3.01. The van der Waals surface area contributed by atoms with Gasteiger partial charge in [-0.2, -0.15) is 0 Å². The van der Waals surface area contributed by atoms with E-state index in [4.69, 9.17) is 4.74 Å². The summed E-state index contributed by atoms with van der Waals surface area (Å²) in [6, 6.07) is 7.33. The van der Waals surface area contributed by atoms with Crippen LogP contribution in [-0.4, -0.2) is 40.3 Å². The van der Waals surface area contributed by atoms with Crippen LogP contribution in [0.1, 0.15) is 33.3 Å². The first kappa shape index (κ1) is 18.5. The number of hydrogen-bond donors (Lipinski definition) is 1. The fraction of sp³-hybridized carbons (Fsp3) is 0.500. The normalized spacial score (nSPS) is 14.1. The van der Waals surface area contributed by atoms with Gasteiger partial charge in [-0.15, -0.1) is 0 Å². The lowest BCUT2D eigenvalue weighted by Gasteiger charge is -2.36. The Hall–Kier alpha value is -1.56. The first-order valence-electron chi connectivity index (χ1n) is 6.90. The third-order valence-electron chi connectivity index (χ3n) is 3.33. The van der Waals surface area contributed by atoms with Gasteiger partial charge in [0, 0.05) is 17.9 Å². The maximum Gasteiger partial charge on any atom is 0.410 e. The lowest BCUT2D eigenvalue weighted by molar-refractivity contribution is -0.149. The van der Waals surface area contributed by atoms with Crippen molar-refractivity contribution in [1.29, 1.82) is 0 Å². The van der Waals surface area contributed by atoms with Crippen molar-refractivity contribution in [3.63, 3.8) is 0 Å². The molecule has 1 unspecified atom stereocenters. The largest absolute Gasteiger partial charge is 0.479 e. The summed E-state index contributed by atoms with van der Waals surface area (Å²) in [5.41, 5.74) is -1.25. The number of likely N-dealkylation sites (N-methyl/N-ethyl adjacent to an activating group) is 1. The van der Waals surface area contributed by atoms with E-state index in [2.05, 4.69) is 15.9 Å². The number of halogens is 1. The molecule has 0 heterocycles. The molecule has 0 bridgehead atoms. The van der Waals surface area contributed by atoms with Gasteiger partial charge in [-0.1, -0.05) is 28.1 Å². The SMILES string of the molecule is CN(C(=O)OC(C)(C)C)C(C)(Cc1ccc(Br)cc1)C(=O)O. The van der Waals surface area contributed by atoms with Crippen molar-refractivity contribution in [2.24, 2.45) is 0 Å². The Morgan fingerprint density at radius 1 is 1.18 bits per heavy atom. The molecule has 1 aromatic rings. The number of carboxylic acids is 1. The Labute approximate surface area is 139 Å². The van der Waals surface area contributed by atoms with E-state index in [9.17, 15) is 14.7 Å². The summed E-state index contributed by atoms with van der Waals surface area (Å²) in [6.07, 6.45) is -0.472. The zero-order valence-corrected chi connectivity index (χ0v) is 15.1. The van der Waals surface area contributed by atoms with Gasteiger partial charge in [-0.3, -0.25) is 4.90 Å². The first-order chi connectivity index (χ1) is 9.95. The fourth-order valence-electron chi connectivity index (χ4n) is 1.87. The van der Waals surface area contributed by atoms with Crippen molar-refractivity contribution < 1.29 is 19.4 Å². The van der Waals surface area contributed by atoms with Gasteiger partial charge < -0.3 is 9.84 Å². The molecule has 0 radical (unpaired) electrons. The van der Waals surface area contributed by atoms with Gasteiger partial charge in [0.25, 0.3) is 0 Å². The van der Waals surface area contributed by atoms with Gasteiger partial charge in [0.05, 0.1) is 0 Å². The summed E-state index contributed by atoms with van der Waals surface area (Å²) in [5.74, 6) is -1.08. The van der Waals surface area contributed by atoms with Crippen LogP contribution in [-0.2, 0) is 16.0 Å². The van der Waals surface area contributed by atoms with Crippen LogP contribution < -0.4 is 0 Å². The Morgan fingerprint density at radius 2 is 1.68 bits per heavy atom. The molecule has 0 spiro atoms. The van der Waals surface area contributed by atoms with Crippen LogP contribution >= 0.6 is 15.9 Å². The Bertz CT molecular complexity index is 550. The Kier molecular flexibility index (Phi) is 5.62. The minimum Gasteiger partial charge on any atom is -0.479 e. The van der Waals surface area contributed by atoms with Crippen molar-refractivity contribution >= 4 is 28.0 Å². The van der Waals surface area contributed by atoms with Gasteiger partial charge in [-0.25, -0.2) is 9.59 Å². The second-order valence-corrected chi connectivity index (χ2v) is 7.34. The predicted molar refractivity (Wildman–Crippen MR) is 87.9 cm³/mol. The number of nitrogens with zero attached hydrogens (tertiary/aromatic N) is 1. The number of amides is 1. The van der Waals surface area contributed by atoms with Crippen molar-refractivity contribution in [2.45, 2.75) is 45.3 Å². The average Bonchev–Trinajstić information content (AvgIpc) is 2.38. The minimum atomic E-state index is -1.39. The summed E-state index contributed by atoms with van der Waals surface area (Å²) in [6.45, 7) is 6.74. The summed E-state index contributed by atoms with van der Waals surface area (Å²) >= 11 is 3.34. The molecule has 0 aliphatic heterocycles. The third-order valence-corrected chi connectivity index (χ3v) is 3.86. The van der Waals surface area contributed by atoms with E-state index >= 15 is 0 Å². The number of carbonyl (C=O) groups is 2. The van der Waals surface area contributed by atoms with Gasteiger partial charge in [-0.05, 0) is 45.4 Å². The topological polar surface area (TPSA) is 66.8 Å². The predicted octanol–water partition coefficient (Wildman–Crippen LogP) is 3.70. The van der Waals surface area contributed by atoms with Gasteiger partial charge >= 0.3 is 12.1 Å². The molecule has 0 aromatic heterocycles. The van der Waals surface area contributed by atoms with E-state index < -0.39 is 23.2 Å². The highest BCUT2D eigenvalue weighted by Gasteiger charge is 2.42. The van der Waals surface area contributed by atoms with E-state index in [-0.39, 0.29) is 6.42 Å².